The Labute approximate surface area is 208 Å². The number of aromatic nitrogens is 2. The average molecular weight is 502 g/mol. The second-order valence-corrected chi connectivity index (χ2v) is 9.35. The molecule has 5 rings (SSSR count). The Morgan fingerprint density at radius 2 is 1.86 bits per heavy atom. The number of fused-ring (bicyclic) bond motifs is 1. The van der Waals surface area contributed by atoms with Crippen molar-refractivity contribution in [2.75, 3.05) is 39.5 Å². The van der Waals surface area contributed by atoms with Gasteiger partial charge in [-0.15, -0.1) is 0 Å². The molecule has 1 aromatic carbocycles. The van der Waals surface area contributed by atoms with Gasteiger partial charge in [0.05, 0.1) is 31.8 Å². The van der Waals surface area contributed by atoms with Crippen molar-refractivity contribution in [3.05, 3.63) is 40.6 Å². The molecule has 1 unspecified atom stereocenters. The van der Waals surface area contributed by atoms with E-state index in [1.807, 2.05) is 24.3 Å². The number of nitrogens with one attached hydrogen (secondary N) is 1. The van der Waals surface area contributed by atoms with E-state index < -0.39 is 4.92 Å². The third-order valence-corrected chi connectivity index (χ3v) is 6.37. The zero-order chi connectivity index (χ0) is 24.9. The Hall–Kier alpha value is -3.38. The molecule has 0 spiro atoms. The molecule has 1 saturated carbocycles. The van der Waals surface area contributed by atoms with Crippen molar-refractivity contribution >= 4 is 11.7 Å². The van der Waals surface area contributed by atoms with Crippen molar-refractivity contribution in [2.45, 2.75) is 50.5 Å². The number of nitrogens with zero attached hydrogens (tertiary/aromatic N) is 4. The van der Waals surface area contributed by atoms with Crippen molar-refractivity contribution in [1.82, 2.24) is 19.8 Å². The van der Waals surface area contributed by atoms with Gasteiger partial charge in [0.25, 0.3) is 0 Å². The Bertz CT molecular complexity index is 1050. The van der Waals surface area contributed by atoms with Gasteiger partial charge in [0.2, 0.25) is 5.91 Å². The maximum absolute atomic E-state index is 12.5. The van der Waals surface area contributed by atoms with E-state index in [9.17, 15) is 14.9 Å². The van der Waals surface area contributed by atoms with Crippen LogP contribution in [-0.4, -0.2) is 83.0 Å². The standard InChI is InChI=1S/C24H31N5O7/c30-23(25-17-13-28-14-22(29(31)32)26-24(28)35-16-17)15-27-9-7-21(8-10-27)36-20-5-3-19(4-6-20)34-12-11-33-18-1-2-18/h3-6,14,17-18,21H,1-2,7-13,15-16H2,(H,25,30). The SMILES string of the molecule is O=C(CN1CCC(Oc2ccc(OCCOC3CC3)cc2)CC1)NC1COc2nc([N+](=O)[O-])cn2C1. The lowest BCUT2D eigenvalue weighted by atomic mass is 10.1. The van der Waals surface area contributed by atoms with Crippen LogP contribution in [0, 0.1) is 10.1 Å². The summed E-state index contributed by atoms with van der Waals surface area (Å²) in [6.07, 6.45) is 5.86. The summed E-state index contributed by atoms with van der Waals surface area (Å²) >= 11 is 0. The number of benzene rings is 1. The lowest BCUT2D eigenvalue weighted by Gasteiger charge is -2.32. The summed E-state index contributed by atoms with van der Waals surface area (Å²) in [5, 5.41) is 13.8. The predicted molar refractivity (Wildman–Crippen MR) is 127 cm³/mol. The number of ether oxygens (including phenoxy) is 4. The number of likely N-dealkylation sites (tertiary alicyclic amines) is 1. The molecule has 36 heavy (non-hydrogen) atoms. The fraction of sp³-hybridized carbons (Fsp3) is 0.583. The molecule has 1 atom stereocenters. The molecule has 1 aromatic heterocycles. The van der Waals surface area contributed by atoms with Gasteiger partial charge in [-0.25, -0.2) is 0 Å². The van der Waals surface area contributed by atoms with E-state index in [0.29, 0.717) is 25.9 Å². The largest absolute Gasteiger partial charge is 0.491 e. The van der Waals surface area contributed by atoms with Crippen LogP contribution in [0.3, 0.4) is 0 Å². The lowest BCUT2D eigenvalue weighted by molar-refractivity contribution is -0.389. The average Bonchev–Trinajstić information content (AvgIpc) is 3.60. The molecule has 12 heteroatoms. The van der Waals surface area contributed by atoms with Gasteiger partial charge in [0.1, 0.15) is 37.0 Å². The fourth-order valence-electron chi connectivity index (χ4n) is 4.35. The topological polar surface area (TPSA) is 130 Å². The Morgan fingerprint density at radius 1 is 1.11 bits per heavy atom. The van der Waals surface area contributed by atoms with Gasteiger partial charge in [-0.1, -0.05) is 0 Å². The first-order chi connectivity index (χ1) is 17.5. The van der Waals surface area contributed by atoms with E-state index >= 15 is 0 Å². The molecule has 1 saturated heterocycles. The Morgan fingerprint density at radius 3 is 2.58 bits per heavy atom. The van der Waals surface area contributed by atoms with Crippen molar-refractivity contribution in [2.24, 2.45) is 0 Å². The molecule has 1 N–H and O–H groups in total. The van der Waals surface area contributed by atoms with Crippen LogP contribution in [0.1, 0.15) is 25.7 Å². The number of hydrogen-bond acceptors (Lipinski definition) is 9. The van der Waals surface area contributed by atoms with Crippen LogP contribution in [-0.2, 0) is 16.1 Å². The summed E-state index contributed by atoms with van der Waals surface area (Å²) in [5.74, 6) is 1.25. The van der Waals surface area contributed by atoms with Crippen molar-refractivity contribution in [3.63, 3.8) is 0 Å². The third-order valence-electron chi connectivity index (χ3n) is 6.37. The molecule has 2 fully saturated rings. The summed E-state index contributed by atoms with van der Waals surface area (Å²) in [6, 6.07) is 7.59. The number of rotatable bonds is 11. The summed E-state index contributed by atoms with van der Waals surface area (Å²) in [7, 11) is 0. The molecular formula is C24H31N5O7. The fourth-order valence-corrected chi connectivity index (χ4v) is 4.35. The van der Waals surface area contributed by atoms with Crippen LogP contribution in [0.15, 0.2) is 30.5 Å². The molecule has 2 aliphatic heterocycles. The predicted octanol–water partition coefficient (Wildman–Crippen LogP) is 1.77. The lowest BCUT2D eigenvalue weighted by Crippen LogP contribution is -2.49. The van der Waals surface area contributed by atoms with Crippen LogP contribution in [0.5, 0.6) is 17.5 Å². The minimum atomic E-state index is -0.563. The number of amides is 1. The number of imidazole rings is 1. The minimum Gasteiger partial charge on any atom is -0.491 e. The first-order valence-corrected chi connectivity index (χ1v) is 12.4. The molecule has 0 radical (unpaired) electrons. The number of hydrogen-bond donors (Lipinski definition) is 1. The third kappa shape index (κ3) is 6.64. The van der Waals surface area contributed by atoms with Crippen LogP contribution in [0.2, 0.25) is 0 Å². The summed E-state index contributed by atoms with van der Waals surface area (Å²) in [4.78, 5) is 28.8. The minimum absolute atomic E-state index is 0.0980. The van der Waals surface area contributed by atoms with Crippen molar-refractivity contribution < 1.29 is 28.7 Å². The molecular weight excluding hydrogens is 470 g/mol. The maximum Gasteiger partial charge on any atom is 0.414 e. The number of carbonyl (C=O) groups is 1. The highest BCUT2D eigenvalue weighted by Gasteiger charge is 2.29. The van der Waals surface area contributed by atoms with Gasteiger partial charge in [0.15, 0.2) is 0 Å². The van der Waals surface area contributed by atoms with Gasteiger partial charge in [0, 0.05) is 18.1 Å². The molecule has 194 valence electrons. The molecule has 2 aromatic rings. The first-order valence-electron chi connectivity index (χ1n) is 12.4. The maximum atomic E-state index is 12.5. The van der Waals surface area contributed by atoms with Gasteiger partial charge >= 0.3 is 11.8 Å². The van der Waals surface area contributed by atoms with Crippen molar-refractivity contribution in [3.8, 4) is 17.5 Å². The smallest absolute Gasteiger partial charge is 0.414 e. The zero-order valence-electron chi connectivity index (χ0n) is 20.0. The van der Waals surface area contributed by atoms with Crippen LogP contribution >= 0.6 is 0 Å². The summed E-state index contributed by atoms with van der Waals surface area (Å²) in [5.41, 5.74) is 0. The molecule has 12 nitrogen and oxygen atoms in total. The highest BCUT2D eigenvalue weighted by Crippen LogP contribution is 2.24. The van der Waals surface area contributed by atoms with Gasteiger partial charge in [-0.3, -0.25) is 14.3 Å². The quantitative estimate of drug-likeness (QED) is 0.278. The molecule has 1 aliphatic carbocycles. The van der Waals surface area contributed by atoms with E-state index in [0.717, 1.165) is 50.3 Å². The van der Waals surface area contributed by atoms with E-state index in [4.69, 9.17) is 18.9 Å². The van der Waals surface area contributed by atoms with Gasteiger partial charge < -0.3 is 34.4 Å². The van der Waals surface area contributed by atoms with Gasteiger partial charge in [-0.2, -0.15) is 0 Å². The molecule has 1 amide bonds. The monoisotopic (exact) mass is 501 g/mol. The number of carbonyl (C=O) groups excluding carboxylic acids is 1. The van der Waals surface area contributed by atoms with E-state index in [2.05, 4.69) is 15.2 Å². The molecule has 0 bridgehead atoms. The zero-order valence-corrected chi connectivity index (χ0v) is 20.0. The number of piperidine rings is 1. The first kappa shape index (κ1) is 24.3. The number of nitro groups is 1. The normalized spacial score (nSPS) is 20.3. The summed E-state index contributed by atoms with van der Waals surface area (Å²) in [6.45, 7) is 3.59. The van der Waals surface area contributed by atoms with E-state index in [-0.39, 0.29) is 43.0 Å². The van der Waals surface area contributed by atoms with Crippen LogP contribution in [0.4, 0.5) is 5.82 Å². The molecule has 3 aliphatic rings. The highest BCUT2D eigenvalue weighted by atomic mass is 16.6. The summed E-state index contributed by atoms with van der Waals surface area (Å²) < 4.78 is 24.4. The molecule has 3 heterocycles. The highest BCUT2D eigenvalue weighted by molar-refractivity contribution is 5.78. The van der Waals surface area contributed by atoms with Crippen molar-refractivity contribution in [1.29, 1.82) is 0 Å². The van der Waals surface area contributed by atoms with E-state index in [1.54, 1.807) is 4.57 Å². The van der Waals surface area contributed by atoms with Gasteiger partial charge in [-0.05, 0) is 54.9 Å². The van der Waals surface area contributed by atoms with Crippen LogP contribution in [0.25, 0.3) is 0 Å². The second-order valence-electron chi connectivity index (χ2n) is 9.35. The van der Waals surface area contributed by atoms with E-state index in [1.165, 1.54) is 6.20 Å². The Kier molecular flexibility index (Phi) is 7.52. The Balaban J connectivity index is 0.989. The van der Waals surface area contributed by atoms with Crippen LogP contribution < -0.4 is 19.5 Å². The second kappa shape index (κ2) is 11.1.